The van der Waals surface area contributed by atoms with Crippen LogP contribution in [-0.4, -0.2) is 31.0 Å². The number of nitrogens with zero attached hydrogens (tertiary/aromatic N) is 2. The topological polar surface area (TPSA) is 118 Å². The van der Waals surface area contributed by atoms with Gasteiger partial charge in [-0.2, -0.15) is 0 Å². The molecule has 0 atom stereocenters. The fourth-order valence-corrected chi connectivity index (χ4v) is 3.66. The molecule has 1 N–H and O–H groups in total. The highest BCUT2D eigenvalue weighted by Crippen LogP contribution is 2.28. The Morgan fingerprint density at radius 1 is 1.16 bits per heavy atom. The predicted molar refractivity (Wildman–Crippen MR) is 91.2 cm³/mol. The summed E-state index contributed by atoms with van der Waals surface area (Å²) in [7, 11) is -4.29. The molecule has 0 aliphatic rings. The van der Waals surface area contributed by atoms with Crippen LogP contribution in [0.1, 0.15) is 11.1 Å². The Hall–Kier alpha value is -2.94. The number of sulfonamides is 1. The van der Waals surface area contributed by atoms with E-state index in [0.717, 1.165) is 11.6 Å². The van der Waals surface area contributed by atoms with Gasteiger partial charge < -0.3 is 5.11 Å². The van der Waals surface area contributed by atoms with Gasteiger partial charge in [0.1, 0.15) is 6.54 Å². The normalized spacial score (nSPS) is 11.1. The molecule has 0 aliphatic heterocycles. The third-order valence-corrected chi connectivity index (χ3v) is 5.34. The van der Waals surface area contributed by atoms with Crippen molar-refractivity contribution >= 4 is 27.4 Å². The number of aryl methyl sites for hydroxylation is 2. The van der Waals surface area contributed by atoms with E-state index in [1.165, 1.54) is 31.2 Å². The van der Waals surface area contributed by atoms with E-state index in [2.05, 4.69) is 0 Å². The van der Waals surface area contributed by atoms with Gasteiger partial charge in [0.2, 0.25) is 0 Å². The number of hydrogen-bond donors (Lipinski definition) is 1. The molecule has 132 valence electrons. The lowest BCUT2D eigenvalue weighted by atomic mass is 10.2. The minimum atomic E-state index is -4.29. The Balaban J connectivity index is 2.59. The van der Waals surface area contributed by atoms with Crippen LogP contribution in [0.2, 0.25) is 0 Å². The lowest BCUT2D eigenvalue weighted by Crippen LogP contribution is -2.35. The highest BCUT2D eigenvalue weighted by Gasteiger charge is 2.29. The summed E-state index contributed by atoms with van der Waals surface area (Å²) in [6.07, 6.45) is 0. The summed E-state index contributed by atoms with van der Waals surface area (Å²) in [6.45, 7) is 2.50. The molecule has 0 bridgehead atoms. The van der Waals surface area contributed by atoms with Crippen molar-refractivity contribution in [1.82, 2.24) is 0 Å². The Morgan fingerprint density at radius 2 is 1.76 bits per heavy atom. The summed E-state index contributed by atoms with van der Waals surface area (Å²) in [5.74, 6) is -1.34. The predicted octanol–water partition coefficient (Wildman–Crippen LogP) is 2.49. The number of aliphatic carboxylic acids is 1. The van der Waals surface area contributed by atoms with E-state index < -0.39 is 27.5 Å². The van der Waals surface area contributed by atoms with Gasteiger partial charge in [-0.05, 0) is 32.0 Å². The van der Waals surface area contributed by atoms with Crippen LogP contribution in [0.25, 0.3) is 0 Å². The molecule has 9 heteroatoms. The molecule has 0 saturated carbocycles. The second kappa shape index (κ2) is 6.89. The maximum atomic E-state index is 12.9. The molecule has 8 nitrogen and oxygen atoms in total. The van der Waals surface area contributed by atoms with E-state index in [-0.39, 0.29) is 16.3 Å². The Kier molecular flexibility index (Phi) is 5.07. The molecule has 0 radical (unpaired) electrons. The number of nitro benzene ring substituents is 1. The van der Waals surface area contributed by atoms with Crippen LogP contribution in [0.15, 0.2) is 47.4 Å². The molecule has 0 amide bonds. The van der Waals surface area contributed by atoms with E-state index in [0.29, 0.717) is 9.87 Å². The summed E-state index contributed by atoms with van der Waals surface area (Å²) in [6, 6.07) is 9.75. The van der Waals surface area contributed by atoms with Gasteiger partial charge in [-0.15, -0.1) is 0 Å². The van der Waals surface area contributed by atoms with Crippen LogP contribution in [0.4, 0.5) is 11.4 Å². The largest absolute Gasteiger partial charge is 0.480 e. The standard InChI is InChI=1S/C16H16N2O6S/c1-11-3-6-13(7-4-11)17(10-16(19)20)25(23,24)14-8-5-12(2)15(9-14)18(21)22/h3-9H,10H2,1-2H3,(H,19,20). The lowest BCUT2D eigenvalue weighted by Gasteiger charge is -2.23. The number of nitro groups is 1. The van der Waals surface area contributed by atoms with Crippen LogP contribution >= 0.6 is 0 Å². The number of anilines is 1. The van der Waals surface area contributed by atoms with Crippen LogP contribution in [-0.2, 0) is 14.8 Å². The Bertz CT molecular complexity index is 922. The number of hydrogen-bond acceptors (Lipinski definition) is 5. The maximum Gasteiger partial charge on any atom is 0.324 e. The first kappa shape index (κ1) is 18.4. The number of carboxylic acid groups (broad SMARTS) is 1. The first-order chi connectivity index (χ1) is 11.6. The zero-order valence-corrected chi connectivity index (χ0v) is 14.4. The minimum Gasteiger partial charge on any atom is -0.480 e. The zero-order valence-electron chi connectivity index (χ0n) is 13.5. The van der Waals surface area contributed by atoms with Gasteiger partial charge in [-0.1, -0.05) is 23.8 Å². The highest BCUT2D eigenvalue weighted by atomic mass is 32.2. The van der Waals surface area contributed by atoms with Crippen molar-refractivity contribution in [1.29, 1.82) is 0 Å². The van der Waals surface area contributed by atoms with Gasteiger partial charge in [0.15, 0.2) is 0 Å². The summed E-state index contributed by atoms with van der Waals surface area (Å²) < 4.78 is 26.5. The second-order valence-corrected chi connectivity index (χ2v) is 7.31. The fourth-order valence-electron chi connectivity index (χ4n) is 2.22. The molecule has 0 aliphatic carbocycles. The Labute approximate surface area is 144 Å². The van der Waals surface area contributed by atoms with Gasteiger partial charge in [0, 0.05) is 11.6 Å². The average molecular weight is 364 g/mol. The molecular formula is C16H16N2O6S. The van der Waals surface area contributed by atoms with E-state index >= 15 is 0 Å². The molecule has 25 heavy (non-hydrogen) atoms. The van der Waals surface area contributed by atoms with Crippen LogP contribution in [0.3, 0.4) is 0 Å². The SMILES string of the molecule is Cc1ccc(N(CC(=O)O)S(=O)(=O)c2ccc(C)c([N+](=O)[O-])c2)cc1. The van der Waals surface area contributed by atoms with Crippen LogP contribution in [0.5, 0.6) is 0 Å². The van der Waals surface area contributed by atoms with Gasteiger partial charge in [-0.3, -0.25) is 19.2 Å². The molecular weight excluding hydrogens is 348 g/mol. The number of rotatable bonds is 6. The summed E-state index contributed by atoms with van der Waals surface area (Å²) in [4.78, 5) is 21.2. The van der Waals surface area contributed by atoms with Gasteiger partial charge in [0.05, 0.1) is 15.5 Å². The average Bonchev–Trinajstić information content (AvgIpc) is 2.53. The number of carboxylic acids is 1. The van der Waals surface area contributed by atoms with E-state index in [1.54, 1.807) is 12.1 Å². The molecule has 2 aromatic carbocycles. The first-order valence-corrected chi connectivity index (χ1v) is 8.63. The van der Waals surface area contributed by atoms with Crippen molar-refractivity contribution in [3.8, 4) is 0 Å². The van der Waals surface area contributed by atoms with Crippen molar-refractivity contribution in [3.63, 3.8) is 0 Å². The number of benzene rings is 2. The smallest absolute Gasteiger partial charge is 0.324 e. The number of carbonyl (C=O) groups is 1. The molecule has 2 aromatic rings. The molecule has 0 aromatic heterocycles. The maximum absolute atomic E-state index is 12.9. The monoisotopic (exact) mass is 364 g/mol. The third kappa shape index (κ3) is 3.94. The molecule has 0 saturated heterocycles. The van der Waals surface area contributed by atoms with Crippen LogP contribution in [0, 0.1) is 24.0 Å². The lowest BCUT2D eigenvalue weighted by molar-refractivity contribution is -0.385. The molecule has 0 heterocycles. The van der Waals surface area contributed by atoms with Crippen LogP contribution < -0.4 is 4.31 Å². The van der Waals surface area contributed by atoms with E-state index in [4.69, 9.17) is 5.11 Å². The molecule has 0 fully saturated rings. The summed E-state index contributed by atoms with van der Waals surface area (Å²) in [5.41, 5.74) is 1.00. The van der Waals surface area contributed by atoms with Crippen molar-refractivity contribution < 1.29 is 23.2 Å². The minimum absolute atomic E-state index is 0.163. The summed E-state index contributed by atoms with van der Waals surface area (Å²) in [5, 5.41) is 20.1. The van der Waals surface area contributed by atoms with Crippen molar-refractivity contribution in [2.45, 2.75) is 18.7 Å². The van der Waals surface area contributed by atoms with E-state index in [9.17, 15) is 23.3 Å². The highest BCUT2D eigenvalue weighted by molar-refractivity contribution is 7.92. The van der Waals surface area contributed by atoms with Gasteiger partial charge >= 0.3 is 5.97 Å². The van der Waals surface area contributed by atoms with Gasteiger partial charge in [0.25, 0.3) is 15.7 Å². The Morgan fingerprint density at radius 3 is 2.28 bits per heavy atom. The molecule has 0 unspecified atom stereocenters. The van der Waals surface area contributed by atoms with Crippen molar-refractivity contribution in [2.24, 2.45) is 0 Å². The second-order valence-electron chi connectivity index (χ2n) is 5.45. The van der Waals surface area contributed by atoms with Crippen molar-refractivity contribution in [2.75, 3.05) is 10.8 Å². The molecule has 0 spiro atoms. The zero-order chi connectivity index (χ0) is 18.8. The van der Waals surface area contributed by atoms with Crippen molar-refractivity contribution in [3.05, 3.63) is 63.7 Å². The third-order valence-electron chi connectivity index (χ3n) is 3.57. The fraction of sp³-hybridized carbons (Fsp3) is 0.188. The molecule has 2 rings (SSSR count). The van der Waals surface area contributed by atoms with E-state index in [1.807, 2.05) is 6.92 Å². The van der Waals surface area contributed by atoms with Gasteiger partial charge in [-0.25, -0.2) is 8.42 Å². The quantitative estimate of drug-likeness (QED) is 0.621. The first-order valence-electron chi connectivity index (χ1n) is 7.19. The summed E-state index contributed by atoms with van der Waals surface area (Å²) >= 11 is 0.